The van der Waals surface area contributed by atoms with Crippen LogP contribution in [0.1, 0.15) is 36.5 Å². The number of amides is 1. The molecule has 1 atom stereocenters. The molecular weight excluding hydrogens is 226 g/mol. The fraction of sp³-hybridized carbons (Fsp3) is 0.571. The van der Waals surface area contributed by atoms with Gasteiger partial charge in [0, 0.05) is 31.5 Å². The monoisotopic (exact) mass is 247 g/mol. The van der Waals surface area contributed by atoms with Crippen molar-refractivity contribution >= 4 is 5.91 Å². The summed E-state index contributed by atoms with van der Waals surface area (Å²) in [6.07, 6.45) is 7.15. The van der Waals surface area contributed by atoms with Crippen LogP contribution in [0.2, 0.25) is 0 Å². The number of pyridine rings is 1. The fourth-order valence-corrected chi connectivity index (χ4v) is 2.40. The number of aromatic nitrogens is 1. The van der Waals surface area contributed by atoms with Gasteiger partial charge in [0.25, 0.3) is 5.91 Å². The van der Waals surface area contributed by atoms with Gasteiger partial charge >= 0.3 is 0 Å². The third kappa shape index (κ3) is 3.53. The van der Waals surface area contributed by atoms with Gasteiger partial charge in [0.05, 0.1) is 5.56 Å². The molecule has 1 aromatic heterocycles. The maximum Gasteiger partial charge on any atom is 0.252 e. The summed E-state index contributed by atoms with van der Waals surface area (Å²) in [6, 6.07) is 4.21. The van der Waals surface area contributed by atoms with Gasteiger partial charge in [-0.1, -0.05) is 6.42 Å². The molecule has 1 aromatic rings. The normalized spacial score (nSPS) is 20.6. The maximum absolute atomic E-state index is 11.8. The lowest BCUT2D eigenvalue weighted by atomic mass is 10.0. The molecule has 1 N–H and O–H groups in total. The third-order valence-electron chi connectivity index (χ3n) is 3.55. The molecule has 0 unspecified atom stereocenters. The van der Waals surface area contributed by atoms with E-state index in [0.717, 1.165) is 13.1 Å². The van der Waals surface area contributed by atoms with Gasteiger partial charge in [0.1, 0.15) is 0 Å². The minimum Gasteiger partial charge on any atom is -0.351 e. The molecule has 1 aliphatic heterocycles. The van der Waals surface area contributed by atoms with Gasteiger partial charge in [-0.25, -0.2) is 0 Å². The number of carbonyl (C=O) groups is 1. The second-order valence-electron chi connectivity index (χ2n) is 4.88. The van der Waals surface area contributed by atoms with E-state index in [1.165, 1.54) is 19.3 Å². The highest BCUT2D eigenvalue weighted by atomic mass is 16.1. The summed E-state index contributed by atoms with van der Waals surface area (Å²) in [5.41, 5.74) is 0.629. The number of nitrogens with one attached hydrogen (secondary N) is 1. The van der Waals surface area contributed by atoms with Gasteiger partial charge in [-0.3, -0.25) is 14.7 Å². The van der Waals surface area contributed by atoms with E-state index in [4.69, 9.17) is 0 Å². The summed E-state index contributed by atoms with van der Waals surface area (Å²) < 4.78 is 0. The van der Waals surface area contributed by atoms with Crippen molar-refractivity contribution in [3.63, 3.8) is 0 Å². The summed E-state index contributed by atoms with van der Waals surface area (Å²) in [5, 5.41) is 2.95. The van der Waals surface area contributed by atoms with Crippen molar-refractivity contribution in [3.05, 3.63) is 30.1 Å². The van der Waals surface area contributed by atoms with Crippen molar-refractivity contribution in [1.29, 1.82) is 0 Å². The quantitative estimate of drug-likeness (QED) is 0.880. The Labute approximate surface area is 108 Å². The lowest BCUT2D eigenvalue weighted by Crippen LogP contribution is -2.42. The minimum atomic E-state index is -0.0345. The Bertz CT molecular complexity index is 380. The highest BCUT2D eigenvalue weighted by Gasteiger charge is 2.17. The number of hydrogen-bond donors (Lipinski definition) is 1. The smallest absolute Gasteiger partial charge is 0.252 e. The van der Waals surface area contributed by atoms with Crippen molar-refractivity contribution < 1.29 is 4.79 Å². The van der Waals surface area contributed by atoms with Crippen LogP contribution in [0.25, 0.3) is 0 Å². The van der Waals surface area contributed by atoms with Gasteiger partial charge in [-0.15, -0.1) is 0 Å². The largest absolute Gasteiger partial charge is 0.351 e. The molecule has 0 saturated carbocycles. The van der Waals surface area contributed by atoms with E-state index in [0.29, 0.717) is 18.2 Å². The molecule has 2 heterocycles. The number of carbonyl (C=O) groups excluding carboxylic acids is 1. The lowest BCUT2D eigenvalue weighted by molar-refractivity contribution is 0.0938. The van der Waals surface area contributed by atoms with Crippen LogP contribution in [0.3, 0.4) is 0 Å². The molecule has 2 rings (SSSR count). The van der Waals surface area contributed by atoms with Crippen LogP contribution in [0, 0.1) is 0 Å². The second-order valence-corrected chi connectivity index (χ2v) is 4.88. The SMILES string of the molecule is C[C@H]1CCCCN1CCNC(=O)c1cccnc1. The van der Waals surface area contributed by atoms with E-state index in [-0.39, 0.29) is 5.91 Å². The van der Waals surface area contributed by atoms with Crippen LogP contribution in [-0.2, 0) is 0 Å². The highest BCUT2D eigenvalue weighted by Crippen LogP contribution is 2.15. The predicted octanol–water partition coefficient (Wildman–Crippen LogP) is 1.69. The molecule has 0 radical (unpaired) electrons. The van der Waals surface area contributed by atoms with Crippen molar-refractivity contribution in [3.8, 4) is 0 Å². The van der Waals surface area contributed by atoms with Crippen molar-refractivity contribution in [2.75, 3.05) is 19.6 Å². The molecule has 18 heavy (non-hydrogen) atoms. The first-order valence-electron chi connectivity index (χ1n) is 6.69. The Balaban J connectivity index is 1.73. The second kappa shape index (κ2) is 6.50. The minimum absolute atomic E-state index is 0.0345. The molecule has 1 aliphatic rings. The summed E-state index contributed by atoms with van der Waals surface area (Å²) in [5.74, 6) is -0.0345. The van der Waals surface area contributed by atoms with Crippen LogP contribution >= 0.6 is 0 Å². The zero-order valence-electron chi connectivity index (χ0n) is 10.9. The van der Waals surface area contributed by atoms with Crippen LogP contribution < -0.4 is 5.32 Å². The first-order valence-corrected chi connectivity index (χ1v) is 6.69. The van der Waals surface area contributed by atoms with Gasteiger partial charge < -0.3 is 5.32 Å². The summed E-state index contributed by atoms with van der Waals surface area (Å²) in [4.78, 5) is 18.2. The fourth-order valence-electron chi connectivity index (χ4n) is 2.40. The Morgan fingerprint density at radius 2 is 2.44 bits per heavy atom. The van der Waals surface area contributed by atoms with E-state index >= 15 is 0 Å². The molecule has 1 saturated heterocycles. The molecule has 0 aromatic carbocycles. The Hall–Kier alpha value is -1.42. The van der Waals surface area contributed by atoms with Gasteiger partial charge in [-0.05, 0) is 38.4 Å². The average molecular weight is 247 g/mol. The highest BCUT2D eigenvalue weighted by molar-refractivity contribution is 5.93. The zero-order valence-corrected chi connectivity index (χ0v) is 10.9. The van der Waals surface area contributed by atoms with Crippen molar-refractivity contribution in [1.82, 2.24) is 15.2 Å². The van der Waals surface area contributed by atoms with E-state index in [1.54, 1.807) is 24.5 Å². The Morgan fingerprint density at radius 3 is 3.17 bits per heavy atom. The third-order valence-corrected chi connectivity index (χ3v) is 3.55. The van der Waals surface area contributed by atoms with Crippen molar-refractivity contribution in [2.24, 2.45) is 0 Å². The first-order chi connectivity index (χ1) is 8.77. The standard InChI is InChI=1S/C14H21N3O/c1-12-5-2-3-9-17(12)10-8-16-14(18)13-6-4-7-15-11-13/h4,6-7,11-12H,2-3,5,8-10H2,1H3,(H,16,18)/t12-/m0/s1. The Kier molecular flexibility index (Phi) is 4.70. The zero-order chi connectivity index (χ0) is 12.8. The molecule has 0 bridgehead atoms. The van der Waals surface area contributed by atoms with E-state index < -0.39 is 0 Å². The van der Waals surface area contributed by atoms with E-state index in [9.17, 15) is 4.79 Å². The topological polar surface area (TPSA) is 45.2 Å². The molecule has 4 nitrogen and oxygen atoms in total. The maximum atomic E-state index is 11.8. The van der Waals surface area contributed by atoms with Gasteiger partial charge in [-0.2, -0.15) is 0 Å². The molecule has 1 fully saturated rings. The van der Waals surface area contributed by atoms with Crippen LogP contribution in [0.5, 0.6) is 0 Å². The first kappa shape index (κ1) is 13.0. The molecular formula is C14H21N3O. The van der Waals surface area contributed by atoms with E-state index in [2.05, 4.69) is 22.1 Å². The van der Waals surface area contributed by atoms with Gasteiger partial charge in [0.2, 0.25) is 0 Å². The summed E-state index contributed by atoms with van der Waals surface area (Å²) in [7, 11) is 0. The summed E-state index contributed by atoms with van der Waals surface area (Å²) in [6.45, 7) is 5.07. The number of likely N-dealkylation sites (tertiary alicyclic amines) is 1. The van der Waals surface area contributed by atoms with Crippen molar-refractivity contribution in [2.45, 2.75) is 32.2 Å². The van der Waals surface area contributed by atoms with Crippen LogP contribution in [-0.4, -0.2) is 41.5 Å². The predicted molar refractivity (Wildman–Crippen MR) is 71.5 cm³/mol. The molecule has 4 heteroatoms. The molecule has 98 valence electrons. The molecule has 0 spiro atoms. The van der Waals surface area contributed by atoms with Gasteiger partial charge in [0.15, 0.2) is 0 Å². The summed E-state index contributed by atoms with van der Waals surface area (Å²) >= 11 is 0. The number of rotatable bonds is 4. The van der Waals surface area contributed by atoms with Crippen LogP contribution in [0.4, 0.5) is 0 Å². The molecule has 0 aliphatic carbocycles. The van der Waals surface area contributed by atoms with Crippen LogP contribution in [0.15, 0.2) is 24.5 Å². The number of nitrogens with zero attached hydrogens (tertiary/aromatic N) is 2. The number of hydrogen-bond acceptors (Lipinski definition) is 3. The van der Waals surface area contributed by atoms with E-state index in [1.807, 2.05) is 0 Å². The number of piperidine rings is 1. The average Bonchev–Trinajstić information content (AvgIpc) is 2.42. The Morgan fingerprint density at radius 1 is 1.56 bits per heavy atom. The lowest BCUT2D eigenvalue weighted by Gasteiger charge is -2.33. The molecule has 1 amide bonds.